The molecule has 5 heteroatoms. The Labute approximate surface area is 112 Å². The molecular weight excluding hydrogens is 242 g/mol. The van der Waals surface area contributed by atoms with Gasteiger partial charge in [-0.05, 0) is 32.9 Å². The molecule has 1 atom stereocenters. The number of furan rings is 1. The maximum Gasteiger partial charge on any atom is 0.328 e. The first-order valence-electron chi connectivity index (χ1n) is 6.63. The van der Waals surface area contributed by atoms with Crippen LogP contribution in [0.5, 0.6) is 0 Å². The molecule has 0 amide bonds. The average molecular weight is 263 g/mol. The van der Waals surface area contributed by atoms with Gasteiger partial charge in [-0.25, -0.2) is 4.79 Å². The topological polar surface area (TPSA) is 52.1 Å². The molecule has 5 nitrogen and oxygen atoms in total. The minimum atomic E-state index is 0.0439. The van der Waals surface area contributed by atoms with Gasteiger partial charge < -0.3 is 9.73 Å². The summed E-state index contributed by atoms with van der Waals surface area (Å²) < 4.78 is 8.78. The van der Waals surface area contributed by atoms with Crippen LogP contribution < -0.4 is 11.0 Å². The highest BCUT2D eigenvalue weighted by Crippen LogP contribution is 2.11. The lowest BCUT2D eigenvalue weighted by Crippen LogP contribution is -2.30. The second-order valence-corrected chi connectivity index (χ2v) is 4.97. The van der Waals surface area contributed by atoms with Crippen molar-refractivity contribution in [3.63, 3.8) is 0 Å². The Morgan fingerprint density at radius 1 is 1.32 bits per heavy atom. The molecular formula is C14H21N3O2. The van der Waals surface area contributed by atoms with Gasteiger partial charge in [-0.15, -0.1) is 0 Å². The lowest BCUT2D eigenvalue weighted by molar-refractivity contribution is 0.421. The minimum absolute atomic E-state index is 0.0439. The predicted octanol–water partition coefficient (Wildman–Crippen LogP) is 2.17. The number of nitrogens with zero attached hydrogens (tertiary/aromatic N) is 2. The molecule has 2 rings (SSSR count). The Hall–Kier alpha value is -1.75. The third kappa shape index (κ3) is 3.17. The molecule has 0 aliphatic rings. The van der Waals surface area contributed by atoms with Crippen molar-refractivity contribution >= 4 is 0 Å². The molecule has 0 saturated heterocycles. The number of nitrogens with one attached hydrogen (secondary N) is 1. The Kier molecular flexibility index (Phi) is 4.27. The lowest BCUT2D eigenvalue weighted by atomic mass is 10.2. The zero-order valence-electron chi connectivity index (χ0n) is 11.7. The lowest BCUT2D eigenvalue weighted by Gasteiger charge is -2.11. The van der Waals surface area contributed by atoms with E-state index in [9.17, 15) is 4.79 Å². The Bertz CT molecular complexity index is 552. The number of hydrogen-bond donors (Lipinski definition) is 1. The van der Waals surface area contributed by atoms with E-state index in [1.54, 1.807) is 15.4 Å². The summed E-state index contributed by atoms with van der Waals surface area (Å²) in [5.74, 6) is 0.909. The van der Waals surface area contributed by atoms with Crippen molar-refractivity contribution in [1.82, 2.24) is 14.5 Å². The van der Waals surface area contributed by atoms with Gasteiger partial charge in [-0.2, -0.15) is 0 Å². The van der Waals surface area contributed by atoms with Crippen LogP contribution in [0.2, 0.25) is 0 Å². The van der Waals surface area contributed by atoms with Gasteiger partial charge in [0.2, 0.25) is 0 Å². The van der Waals surface area contributed by atoms with E-state index < -0.39 is 0 Å². The molecule has 0 fully saturated rings. The van der Waals surface area contributed by atoms with Gasteiger partial charge in [0.1, 0.15) is 5.76 Å². The molecule has 0 aliphatic carbocycles. The van der Waals surface area contributed by atoms with Crippen molar-refractivity contribution in [3.05, 3.63) is 47.0 Å². The van der Waals surface area contributed by atoms with Gasteiger partial charge in [0, 0.05) is 31.5 Å². The maximum atomic E-state index is 12.0. The van der Waals surface area contributed by atoms with Gasteiger partial charge in [0.25, 0.3) is 0 Å². The van der Waals surface area contributed by atoms with Crippen molar-refractivity contribution < 1.29 is 4.42 Å². The van der Waals surface area contributed by atoms with E-state index in [-0.39, 0.29) is 17.8 Å². The molecule has 1 unspecified atom stereocenters. The SMILES string of the molecule is CC(NCCn1ccn(C(C)C)c1=O)c1ccco1. The predicted molar refractivity (Wildman–Crippen MR) is 74.2 cm³/mol. The van der Waals surface area contributed by atoms with E-state index >= 15 is 0 Å². The Morgan fingerprint density at radius 2 is 2.11 bits per heavy atom. The highest BCUT2D eigenvalue weighted by Gasteiger charge is 2.08. The first-order valence-corrected chi connectivity index (χ1v) is 6.63. The molecule has 1 N–H and O–H groups in total. The summed E-state index contributed by atoms with van der Waals surface area (Å²) in [4.78, 5) is 12.0. The minimum Gasteiger partial charge on any atom is -0.468 e. The fraction of sp³-hybridized carbons (Fsp3) is 0.500. The standard InChI is InChI=1S/C14H21N3O2/c1-11(2)17-9-8-16(14(17)18)7-6-15-12(3)13-5-4-10-19-13/h4-5,8-12,15H,6-7H2,1-3H3. The molecule has 0 aliphatic heterocycles. The van der Waals surface area contributed by atoms with Crippen molar-refractivity contribution in [2.24, 2.45) is 0 Å². The molecule has 19 heavy (non-hydrogen) atoms. The second-order valence-electron chi connectivity index (χ2n) is 4.97. The zero-order chi connectivity index (χ0) is 13.8. The number of imidazole rings is 1. The van der Waals surface area contributed by atoms with E-state index in [1.807, 2.05) is 45.3 Å². The molecule has 2 heterocycles. The molecule has 0 spiro atoms. The Morgan fingerprint density at radius 3 is 2.68 bits per heavy atom. The fourth-order valence-electron chi connectivity index (χ4n) is 2.03. The third-order valence-electron chi connectivity index (χ3n) is 3.20. The summed E-state index contributed by atoms with van der Waals surface area (Å²) in [5.41, 5.74) is 0.0439. The quantitative estimate of drug-likeness (QED) is 0.869. The number of rotatable bonds is 6. The van der Waals surface area contributed by atoms with E-state index in [0.717, 1.165) is 12.3 Å². The van der Waals surface area contributed by atoms with Crippen LogP contribution in [0.25, 0.3) is 0 Å². The molecule has 0 radical (unpaired) electrons. The summed E-state index contributed by atoms with van der Waals surface area (Å²) in [6.07, 6.45) is 5.34. The Balaban J connectivity index is 1.88. The van der Waals surface area contributed by atoms with Crippen molar-refractivity contribution in [2.45, 2.75) is 39.4 Å². The van der Waals surface area contributed by atoms with Crippen molar-refractivity contribution in [3.8, 4) is 0 Å². The second kappa shape index (κ2) is 5.93. The van der Waals surface area contributed by atoms with Gasteiger partial charge in [-0.3, -0.25) is 9.13 Å². The summed E-state index contributed by atoms with van der Waals surface area (Å²) in [5, 5.41) is 3.34. The molecule has 2 aromatic rings. The third-order valence-corrected chi connectivity index (χ3v) is 3.20. The van der Waals surface area contributed by atoms with Gasteiger partial charge >= 0.3 is 5.69 Å². The van der Waals surface area contributed by atoms with Crippen molar-refractivity contribution in [1.29, 1.82) is 0 Å². The highest BCUT2D eigenvalue weighted by molar-refractivity contribution is 5.02. The normalized spacial score (nSPS) is 13.1. The van der Waals surface area contributed by atoms with Crippen LogP contribution in [0.15, 0.2) is 40.0 Å². The van der Waals surface area contributed by atoms with Crippen molar-refractivity contribution in [2.75, 3.05) is 6.54 Å². The van der Waals surface area contributed by atoms with Crippen LogP contribution in [0.4, 0.5) is 0 Å². The zero-order valence-corrected chi connectivity index (χ0v) is 11.7. The van der Waals surface area contributed by atoms with Crippen LogP contribution in [0, 0.1) is 0 Å². The molecule has 0 aromatic carbocycles. The smallest absolute Gasteiger partial charge is 0.328 e. The first kappa shape index (κ1) is 13.7. The van der Waals surface area contributed by atoms with E-state index in [0.29, 0.717) is 6.54 Å². The van der Waals surface area contributed by atoms with Gasteiger partial charge in [-0.1, -0.05) is 0 Å². The van der Waals surface area contributed by atoms with E-state index in [1.165, 1.54) is 0 Å². The summed E-state index contributed by atoms with van der Waals surface area (Å²) in [7, 11) is 0. The van der Waals surface area contributed by atoms with Crippen LogP contribution in [0.3, 0.4) is 0 Å². The number of aromatic nitrogens is 2. The summed E-state index contributed by atoms with van der Waals surface area (Å²) in [6, 6.07) is 4.17. The maximum absolute atomic E-state index is 12.0. The molecule has 0 saturated carbocycles. The van der Waals surface area contributed by atoms with Crippen LogP contribution in [0.1, 0.15) is 38.6 Å². The van der Waals surface area contributed by atoms with Gasteiger partial charge in [0.05, 0.1) is 12.3 Å². The van der Waals surface area contributed by atoms with E-state index in [2.05, 4.69) is 5.32 Å². The number of hydrogen-bond acceptors (Lipinski definition) is 3. The molecule has 0 bridgehead atoms. The fourth-order valence-corrected chi connectivity index (χ4v) is 2.03. The van der Waals surface area contributed by atoms with Crippen LogP contribution in [-0.2, 0) is 6.54 Å². The van der Waals surface area contributed by atoms with E-state index in [4.69, 9.17) is 4.42 Å². The van der Waals surface area contributed by atoms with Crippen LogP contribution >= 0.6 is 0 Å². The molecule has 2 aromatic heterocycles. The van der Waals surface area contributed by atoms with Crippen LogP contribution in [-0.4, -0.2) is 15.7 Å². The largest absolute Gasteiger partial charge is 0.468 e. The van der Waals surface area contributed by atoms with Gasteiger partial charge in [0.15, 0.2) is 0 Å². The molecule has 104 valence electrons. The first-order chi connectivity index (χ1) is 9.09. The monoisotopic (exact) mass is 263 g/mol. The summed E-state index contributed by atoms with van der Waals surface area (Å²) >= 11 is 0. The highest BCUT2D eigenvalue weighted by atomic mass is 16.3. The average Bonchev–Trinajstić information content (AvgIpc) is 2.99. The summed E-state index contributed by atoms with van der Waals surface area (Å²) in [6.45, 7) is 7.43.